The summed E-state index contributed by atoms with van der Waals surface area (Å²) in [6.45, 7) is 9.04. The Morgan fingerprint density at radius 3 is 2.33 bits per heavy atom. The monoisotopic (exact) mass is 478 g/mol. The molecule has 1 aromatic rings. The van der Waals surface area contributed by atoms with E-state index in [2.05, 4.69) is 35.7 Å². The van der Waals surface area contributed by atoms with E-state index in [-0.39, 0.29) is 11.8 Å². The number of likely N-dealkylation sites (tertiary alicyclic amines) is 1. The Kier molecular flexibility index (Phi) is 8.05. The molecule has 0 unspecified atom stereocenters. The lowest BCUT2D eigenvalue weighted by molar-refractivity contribution is -0.161. The minimum atomic E-state index is -3.30. The fourth-order valence-corrected chi connectivity index (χ4v) is 5.44. The molecule has 33 heavy (non-hydrogen) atoms. The lowest BCUT2D eigenvalue weighted by Gasteiger charge is -2.52. The van der Waals surface area contributed by atoms with Crippen molar-refractivity contribution in [2.75, 3.05) is 30.6 Å². The third-order valence-electron chi connectivity index (χ3n) is 6.60. The first-order valence-electron chi connectivity index (χ1n) is 12.0. The number of carbonyl (C=O) groups excluding carboxylic acids is 2. The number of hydrogen-bond acceptors (Lipinski definition) is 5. The van der Waals surface area contributed by atoms with E-state index < -0.39 is 21.6 Å². The number of hydrogen-bond donors (Lipinski definition) is 2. The fraction of sp³-hybridized carbons (Fsp3) is 0.667. The summed E-state index contributed by atoms with van der Waals surface area (Å²) in [6, 6.07) is 6.93. The maximum atomic E-state index is 13.3. The highest BCUT2D eigenvalue weighted by atomic mass is 32.2. The van der Waals surface area contributed by atoms with Gasteiger partial charge in [-0.25, -0.2) is 8.42 Å². The molecule has 2 N–H and O–H groups in total. The van der Waals surface area contributed by atoms with Gasteiger partial charge >= 0.3 is 0 Å². The van der Waals surface area contributed by atoms with E-state index in [1.807, 2.05) is 17.0 Å². The molecular weight excluding hydrogens is 440 g/mol. The van der Waals surface area contributed by atoms with E-state index >= 15 is 0 Å². The molecule has 0 radical (unpaired) electrons. The van der Waals surface area contributed by atoms with Gasteiger partial charge in [-0.05, 0) is 49.3 Å². The normalized spacial score (nSPS) is 21.5. The number of sulfonamides is 1. The van der Waals surface area contributed by atoms with Crippen molar-refractivity contribution < 1.29 is 18.0 Å². The Morgan fingerprint density at radius 1 is 1.15 bits per heavy atom. The minimum absolute atomic E-state index is 0.000273. The van der Waals surface area contributed by atoms with Gasteiger partial charge in [0.1, 0.15) is 11.6 Å². The van der Waals surface area contributed by atoms with E-state index in [4.69, 9.17) is 0 Å². The highest BCUT2D eigenvalue weighted by molar-refractivity contribution is 7.92. The van der Waals surface area contributed by atoms with E-state index in [0.717, 1.165) is 44.3 Å². The van der Waals surface area contributed by atoms with Crippen LogP contribution in [-0.2, 0) is 26.2 Å². The first kappa shape index (κ1) is 25.5. The molecule has 2 aliphatic rings. The van der Waals surface area contributed by atoms with Gasteiger partial charge in [0, 0.05) is 31.9 Å². The van der Waals surface area contributed by atoms with Crippen molar-refractivity contribution in [1.82, 2.24) is 15.1 Å². The van der Waals surface area contributed by atoms with Crippen LogP contribution in [0.5, 0.6) is 0 Å². The van der Waals surface area contributed by atoms with Gasteiger partial charge in [-0.1, -0.05) is 39.3 Å². The molecule has 8 nitrogen and oxygen atoms in total. The number of benzene rings is 1. The van der Waals surface area contributed by atoms with Crippen LogP contribution in [0.4, 0.5) is 5.69 Å². The van der Waals surface area contributed by atoms with Gasteiger partial charge in [0.25, 0.3) is 0 Å². The van der Waals surface area contributed by atoms with E-state index in [0.29, 0.717) is 37.4 Å². The van der Waals surface area contributed by atoms with Gasteiger partial charge in [0.15, 0.2) is 0 Å². The maximum Gasteiger partial charge on any atom is 0.246 e. The molecular formula is C24H38N4O4S. The Hall–Kier alpha value is -2.13. The Bertz CT molecular complexity index is 938. The van der Waals surface area contributed by atoms with Crippen molar-refractivity contribution >= 4 is 27.5 Å². The predicted octanol–water partition coefficient (Wildman–Crippen LogP) is 2.57. The number of nitrogens with one attached hydrogen (secondary N) is 2. The molecule has 184 valence electrons. The fourth-order valence-electron chi connectivity index (χ4n) is 4.88. The average Bonchev–Trinajstić information content (AvgIpc) is 2.73. The van der Waals surface area contributed by atoms with Crippen LogP contribution in [0.1, 0.15) is 58.4 Å². The van der Waals surface area contributed by atoms with Crippen molar-refractivity contribution in [2.24, 2.45) is 5.92 Å². The van der Waals surface area contributed by atoms with Crippen molar-refractivity contribution in [3.05, 3.63) is 29.8 Å². The van der Waals surface area contributed by atoms with Crippen LogP contribution in [0.25, 0.3) is 0 Å². The predicted molar refractivity (Wildman–Crippen MR) is 130 cm³/mol. The summed E-state index contributed by atoms with van der Waals surface area (Å²) in [5.74, 6) is 0.404. The number of anilines is 1. The van der Waals surface area contributed by atoms with Crippen LogP contribution >= 0.6 is 0 Å². The largest absolute Gasteiger partial charge is 0.342 e. The van der Waals surface area contributed by atoms with Crippen molar-refractivity contribution in [1.29, 1.82) is 0 Å². The molecule has 2 amide bonds. The zero-order valence-electron chi connectivity index (χ0n) is 20.3. The maximum absolute atomic E-state index is 13.3. The number of piperidine rings is 1. The molecule has 0 aromatic heterocycles. The summed E-state index contributed by atoms with van der Waals surface area (Å²) < 4.78 is 25.2. The summed E-state index contributed by atoms with van der Waals surface area (Å²) in [5.41, 5.74) is 0.868. The highest BCUT2D eigenvalue weighted by Gasteiger charge is 2.53. The van der Waals surface area contributed by atoms with Crippen LogP contribution in [0.3, 0.4) is 0 Å². The number of rotatable bonds is 9. The number of piperazine rings is 1. The number of nitrogens with zero attached hydrogens (tertiary/aromatic N) is 2. The summed E-state index contributed by atoms with van der Waals surface area (Å²) in [5, 5.41) is 3.05. The molecule has 9 heteroatoms. The van der Waals surface area contributed by atoms with Crippen LogP contribution in [0.15, 0.2) is 24.3 Å². The lowest BCUT2D eigenvalue weighted by Crippen LogP contribution is -2.73. The molecule has 2 aliphatic heterocycles. The molecule has 1 aromatic carbocycles. The number of carbonyl (C=O) groups is 2. The van der Waals surface area contributed by atoms with E-state index in [1.54, 1.807) is 12.1 Å². The molecule has 0 bridgehead atoms. The summed E-state index contributed by atoms with van der Waals surface area (Å²) in [6.07, 6.45) is 4.91. The first-order valence-corrected chi connectivity index (χ1v) is 13.8. The quantitative estimate of drug-likeness (QED) is 0.568. The average molecular weight is 479 g/mol. The zero-order valence-corrected chi connectivity index (χ0v) is 21.1. The minimum Gasteiger partial charge on any atom is -0.342 e. The van der Waals surface area contributed by atoms with Gasteiger partial charge in [-0.15, -0.1) is 0 Å². The molecule has 2 fully saturated rings. The molecule has 3 rings (SSSR count). The smallest absolute Gasteiger partial charge is 0.246 e. The lowest BCUT2D eigenvalue weighted by atomic mass is 9.80. The third-order valence-corrected chi connectivity index (χ3v) is 7.20. The van der Waals surface area contributed by atoms with Crippen LogP contribution in [0.2, 0.25) is 0 Å². The van der Waals surface area contributed by atoms with Gasteiger partial charge in [0.2, 0.25) is 21.8 Å². The SMILES string of the molecule is CCCCN1C(=O)[C@H](CC(C)C)NC(=O)C12CCN(Cc1ccc(NS(C)(=O)=O)cc1)CC2. The first-order chi connectivity index (χ1) is 15.5. The second-order valence-corrected chi connectivity index (χ2v) is 11.6. The topological polar surface area (TPSA) is 98.8 Å². The second kappa shape index (κ2) is 10.4. The van der Waals surface area contributed by atoms with Crippen LogP contribution < -0.4 is 10.0 Å². The van der Waals surface area contributed by atoms with Crippen molar-refractivity contribution in [2.45, 2.75) is 71.0 Å². The zero-order chi connectivity index (χ0) is 24.2. The Labute approximate surface area is 198 Å². The summed E-state index contributed by atoms with van der Waals surface area (Å²) in [4.78, 5) is 30.8. The molecule has 0 aliphatic carbocycles. The number of unbranched alkanes of at least 4 members (excludes halogenated alkanes) is 1. The second-order valence-electron chi connectivity index (χ2n) is 9.88. The standard InChI is InChI=1S/C24H38N4O4S/c1-5-6-13-28-22(29)21(16-18(2)3)25-23(30)24(28)11-14-27(15-12-24)17-19-7-9-20(10-8-19)26-33(4,31)32/h7-10,18,21,26H,5-6,11-17H2,1-4H3,(H,25,30)/t21-/m0/s1. The van der Waals surface area contributed by atoms with Crippen molar-refractivity contribution in [3.63, 3.8) is 0 Å². The van der Waals surface area contributed by atoms with E-state index in [9.17, 15) is 18.0 Å². The van der Waals surface area contributed by atoms with Gasteiger partial charge < -0.3 is 10.2 Å². The van der Waals surface area contributed by atoms with Gasteiger partial charge in [0.05, 0.1) is 6.26 Å². The number of amides is 2. The third kappa shape index (κ3) is 6.26. The Balaban J connectivity index is 1.67. The van der Waals surface area contributed by atoms with Crippen LogP contribution in [-0.4, -0.2) is 67.5 Å². The Morgan fingerprint density at radius 2 is 1.79 bits per heavy atom. The molecule has 1 atom stereocenters. The molecule has 2 saturated heterocycles. The van der Waals surface area contributed by atoms with Gasteiger partial charge in [-0.2, -0.15) is 0 Å². The van der Waals surface area contributed by atoms with Gasteiger partial charge in [-0.3, -0.25) is 19.2 Å². The molecule has 1 spiro atoms. The summed E-state index contributed by atoms with van der Waals surface area (Å²) in [7, 11) is -3.30. The van der Waals surface area contributed by atoms with Crippen LogP contribution in [0, 0.1) is 5.92 Å². The summed E-state index contributed by atoms with van der Waals surface area (Å²) >= 11 is 0. The molecule has 2 heterocycles. The van der Waals surface area contributed by atoms with Crippen molar-refractivity contribution in [3.8, 4) is 0 Å². The molecule has 0 saturated carbocycles. The van der Waals surface area contributed by atoms with E-state index in [1.165, 1.54) is 0 Å². The highest BCUT2D eigenvalue weighted by Crippen LogP contribution is 2.34.